The summed E-state index contributed by atoms with van der Waals surface area (Å²) in [6.07, 6.45) is 3.11. The fraction of sp³-hybridized carbons (Fsp3) is 0.158. The van der Waals surface area contributed by atoms with Crippen molar-refractivity contribution in [3.63, 3.8) is 0 Å². The van der Waals surface area contributed by atoms with Crippen molar-refractivity contribution in [1.29, 1.82) is 0 Å². The molecule has 1 aliphatic carbocycles. The van der Waals surface area contributed by atoms with Gasteiger partial charge in [-0.3, -0.25) is 0 Å². The van der Waals surface area contributed by atoms with Gasteiger partial charge in [-0.1, -0.05) is 42.5 Å². The lowest BCUT2D eigenvalue weighted by atomic mass is 9.85. The van der Waals surface area contributed by atoms with Crippen molar-refractivity contribution < 1.29 is 0 Å². The van der Waals surface area contributed by atoms with Gasteiger partial charge in [-0.15, -0.1) is 0 Å². The number of fused-ring (bicyclic) bond motifs is 1. The van der Waals surface area contributed by atoms with Gasteiger partial charge >= 0.3 is 0 Å². The van der Waals surface area contributed by atoms with Crippen molar-refractivity contribution in [3.05, 3.63) is 76.8 Å². The van der Waals surface area contributed by atoms with E-state index in [0.717, 1.165) is 17.0 Å². The fourth-order valence-electron chi connectivity index (χ4n) is 2.71. The summed E-state index contributed by atoms with van der Waals surface area (Å²) in [6.45, 7) is 4.21. The van der Waals surface area contributed by atoms with Crippen LogP contribution in [-0.4, -0.2) is 14.1 Å². The molecule has 0 amide bonds. The van der Waals surface area contributed by atoms with E-state index in [-0.39, 0.29) is 0 Å². The summed E-state index contributed by atoms with van der Waals surface area (Å²) >= 11 is 5.97. The molecule has 0 atom stereocenters. The van der Waals surface area contributed by atoms with Gasteiger partial charge in [-0.25, -0.2) is 0 Å². The zero-order valence-electron chi connectivity index (χ0n) is 12.4. The van der Waals surface area contributed by atoms with E-state index in [2.05, 4.69) is 62.0 Å². The van der Waals surface area contributed by atoms with Crippen molar-refractivity contribution in [2.24, 2.45) is 0 Å². The molecular formula is C19H18ClN. The molecule has 0 aromatic heterocycles. The maximum absolute atomic E-state index is 5.97. The smallest absolute Gasteiger partial charge is 0.0406 e. The second kappa shape index (κ2) is 5.42. The van der Waals surface area contributed by atoms with Crippen LogP contribution in [0.2, 0.25) is 5.02 Å². The number of halogens is 1. The topological polar surface area (TPSA) is 3.24 Å². The summed E-state index contributed by atoms with van der Waals surface area (Å²) in [4.78, 5) is 2.13. The predicted octanol–water partition coefficient (Wildman–Crippen LogP) is 5.06. The Balaban J connectivity index is 2.00. The van der Waals surface area contributed by atoms with E-state index in [4.69, 9.17) is 11.6 Å². The summed E-state index contributed by atoms with van der Waals surface area (Å²) in [7, 11) is 4.13. The Bertz CT molecular complexity index is 724. The Morgan fingerprint density at radius 3 is 2.43 bits per heavy atom. The first-order chi connectivity index (χ1) is 10.0. The van der Waals surface area contributed by atoms with Crippen LogP contribution in [0, 0.1) is 0 Å². The number of rotatable bonds is 2. The Morgan fingerprint density at radius 1 is 1.05 bits per heavy atom. The standard InChI is InChI=1S/C19H18ClN/c1-13-10-15(14-4-6-17(20)7-5-14)11-16-12-18(21(2)3)8-9-19(13)16/h4-10,12H,1,11H2,2-3H3. The van der Waals surface area contributed by atoms with Crippen LogP contribution in [0.25, 0.3) is 11.1 Å². The molecule has 0 heterocycles. The Morgan fingerprint density at radius 2 is 1.76 bits per heavy atom. The monoisotopic (exact) mass is 295 g/mol. The summed E-state index contributed by atoms with van der Waals surface area (Å²) < 4.78 is 0. The molecule has 0 aliphatic heterocycles. The number of anilines is 1. The lowest BCUT2D eigenvalue weighted by molar-refractivity contribution is 1.12. The molecule has 0 spiro atoms. The van der Waals surface area contributed by atoms with E-state index in [9.17, 15) is 0 Å². The van der Waals surface area contributed by atoms with Crippen LogP contribution in [0.3, 0.4) is 0 Å². The van der Waals surface area contributed by atoms with Crippen LogP contribution >= 0.6 is 11.6 Å². The van der Waals surface area contributed by atoms with E-state index < -0.39 is 0 Å². The number of hydrogen-bond acceptors (Lipinski definition) is 1. The fourth-order valence-corrected chi connectivity index (χ4v) is 2.84. The molecule has 0 saturated heterocycles. The maximum Gasteiger partial charge on any atom is 0.0406 e. The van der Waals surface area contributed by atoms with E-state index in [1.54, 1.807) is 0 Å². The highest BCUT2D eigenvalue weighted by Gasteiger charge is 2.16. The van der Waals surface area contributed by atoms with Crippen LogP contribution in [0.4, 0.5) is 5.69 Å². The number of benzene rings is 2. The van der Waals surface area contributed by atoms with Crippen LogP contribution in [-0.2, 0) is 6.42 Å². The van der Waals surface area contributed by atoms with Gasteiger partial charge in [0.1, 0.15) is 0 Å². The molecule has 2 aromatic rings. The molecule has 21 heavy (non-hydrogen) atoms. The van der Waals surface area contributed by atoms with Crippen molar-refractivity contribution in [2.45, 2.75) is 6.42 Å². The third kappa shape index (κ3) is 2.74. The largest absolute Gasteiger partial charge is 0.378 e. The van der Waals surface area contributed by atoms with E-state index in [1.807, 2.05) is 12.1 Å². The summed E-state index contributed by atoms with van der Waals surface area (Å²) in [5.74, 6) is 0. The average molecular weight is 296 g/mol. The van der Waals surface area contributed by atoms with Gasteiger partial charge in [-0.2, -0.15) is 0 Å². The van der Waals surface area contributed by atoms with E-state index in [1.165, 1.54) is 28.0 Å². The quantitative estimate of drug-likeness (QED) is 0.748. The number of hydrogen-bond donors (Lipinski definition) is 0. The highest BCUT2D eigenvalue weighted by atomic mass is 35.5. The highest BCUT2D eigenvalue weighted by molar-refractivity contribution is 6.30. The van der Waals surface area contributed by atoms with Crippen molar-refractivity contribution in [1.82, 2.24) is 0 Å². The molecule has 0 N–H and O–H groups in total. The average Bonchev–Trinajstić information content (AvgIpc) is 2.47. The second-order valence-corrected chi connectivity index (χ2v) is 6.05. The van der Waals surface area contributed by atoms with Gasteiger partial charge in [-0.05, 0) is 58.5 Å². The summed E-state index contributed by atoms with van der Waals surface area (Å²) in [5, 5.41) is 0.768. The zero-order chi connectivity index (χ0) is 15.0. The van der Waals surface area contributed by atoms with Gasteiger partial charge in [0.15, 0.2) is 0 Å². The molecule has 1 nitrogen and oxygen atoms in total. The minimum atomic E-state index is 0.768. The molecule has 0 radical (unpaired) electrons. The van der Waals surface area contributed by atoms with Crippen LogP contribution in [0.1, 0.15) is 16.7 Å². The van der Waals surface area contributed by atoms with Crippen LogP contribution in [0.5, 0.6) is 0 Å². The highest BCUT2D eigenvalue weighted by Crippen LogP contribution is 2.35. The molecule has 106 valence electrons. The lowest BCUT2D eigenvalue weighted by Crippen LogP contribution is -2.10. The molecule has 0 saturated carbocycles. The summed E-state index contributed by atoms with van der Waals surface area (Å²) in [5.41, 5.74) is 7.38. The summed E-state index contributed by atoms with van der Waals surface area (Å²) in [6, 6.07) is 14.6. The SMILES string of the molecule is C=C1C=C(c2ccc(Cl)cc2)Cc2cc(N(C)C)ccc21. The number of allylic oxidation sites excluding steroid dienone is 3. The zero-order valence-corrected chi connectivity index (χ0v) is 13.1. The molecule has 0 bridgehead atoms. The normalized spacial score (nSPS) is 13.7. The molecule has 2 aromatic carbocycles. The van der Waals surface area contributed by atoms with Crippen molar-refractivity contribution >= 4 is 28.4 Å². The molecule has 1 aliphatic rings. The van der Waals surface area contributed by atoms with Gasteiger partial charge in [0.25, 0.3) is 0 Å². The van der Waals surface area contributed by atoms with Gasteiger partial charge in [0, 0.05) is 24.8 Å². The second-order valence-electron chi connectivity index (χ2n) is 5.61. The first-order valence-corrected chi connectivity index (χ1v) is 7.38. The molecular weight excluding hydrogens is 278 g/mol. The molecule has 0 fully saturated rings. The van der Waals surface area contributed by atoms with Gasteiger partial charge in [0.2, 0.25) is 0 Å². The van der Waals surface area contributed by atoms with E-state index >= 15 is 0 Å². The predicted molar refractivity (Wildman–Crippen MR) is 92.9 cm³/mol. The number of nitrogens with zero attached hydrogens (tertiary/aromatic N) is 1. The third-order valence-electron chi connectivity index (χ3n) is 3.90. The third-order valence-corrected chi connectivity index (χ3v) is 4.15. The molecule has 0 unspecified atom stereocenters. The molecule has 2 heteroatoms. The van der Waals surface area contributed by atoms with Crippen molar-refractivity contribution in [2.75, 3.05) is 19.0 Å². The van der Waals surface area contributed by atoms with E-state index in [0.29, 0.717) is 0 Å². The Hall–Kier alpha value is -1.99. The van der Waals surface area contributed by atoms with Gasteiger partial charge in [0.05, 0.1) is 0 Å². The van der Waals surface area contributed by atoms with Crippen molar-refractivity contribution in [3.8, 4) is 0 Å². The Kier molecular flexibility index (Phi) is 3.60. The maximum atomic E-state index is 5.97. The minimum absolute atomic E-state index is 0.768. The first kappa shape index (κ1) is 14.0. The Labute approximate surface area is 131 Å². The minimum Gasteiger partial charge on any atom is -0.378 e. The lowest BCUT2D eigenvalue weighted by Gasteiger charge is -2.22. The molecule has 3 rings (SSSR count). The van der Waals surface area contributed by atoms with Gasteiger partial charge < -0.3 is 4.90 Å². The van der Waals surface area contributed by atoms with Crippen LogP contribution < -0.4 is 4.90 Å². The first-order valence-electron chi connectivity index (χ1n) is 7.00. The van der Waals surface area contributed by atoms with Crippen LogP contribution in [0.15, 0.2) is 55.1 Å².